The van der Waals surface area contributed by atoms with Crippen LogP contribution in [0.5, 0.6) is 0 Å². The van der Waals surface area contributed by atoms with Gasteiger partial charge in [0.25, 0.3) is 0 Å². The van der Waals surface area contributed by atoms with E-state index in [1.807, 2.05) is 0 Å². The maximum Gasteiger partial charge on any atom is 1.00 e. The topological polar surface area (TPSA) is 51.6 Å². The van der Waals surface area contributed by atoms with Gasteiger partial charge >= 0.3 is 51.4 Å². The monoisotopic (exact) mass is 202 g/mol. The van der Waals surface area contributed by atoms with Gasteiger partial charge in [0.2, 0.25) is 0 Å². The van der Waals surface area contributed by atoms with Crippen LogP contribution in [0.1, 0.15) is 0 Å². The number of hydrogen-bond acceptors (Lipinski definition) is 5. The van der Waals surface area contributed by atoms with E-state index in [1.54, 1.807) is 11.7 Å². The van der Waals surface area contributed by atoms with E-state index in [9.17, 15) is 0 Å². The second kappa shape index (κ2) is 5.10. The first kappa shape index (κ1) is 10.4. The smallest absolute Gasteiger partial charge is 0.446 e. The van der Waals surface area contributed by atoms with Gasteiger partial charge in [-0.3, -0.25) is 0 Å². The molecule has 0 amide bonds. The summed E-state index contributed by atoms with van der Waals surface area (Å²) in [6.45, 7) is 0. The van der Waals surface area contributed by atoms with E-state index in [0.717, 1.165) is 10.7 Å². The Morgan fingerprint density at radius 1 is 1.42 bits per heavy atom. The summed E-state index contributed by atoms with van der Waals surface area (Å²) in [6.07, 6.45) is 5.77. The summed E-state index contributed by atoms with van der Waals surface area (Å²) in [4.78, 5) is 7.80. The zero-order chi connectivity index (χ0) is 7.52. The molecule has 0 atom stereocenters. The molecular weight excluding hydrogens is 199 g/mol. The van der Waals surface area contributed by atoms with E-state index in [1.165, 1.54) is 17.5 Å². The minimum absolute atomic E-state index is 0. The van der Waals surface area contributed by atoms with E-state index in [-0.39, 0.29) is 51.4 Å². The maximum absolute atomic E-state index is 3.94. The standard InChI is InChI=1S/C6H3N4S.K/c1-2-8-5(3-7-1)6-10-9-4-11-6;/h1,3-4H;/q-1;+1. The number of aromatic nitrogens is 4. The zero-order valence-corrected chi connectivity index (χ0v) is 10.4. The molecule has 2 heterocycles. The van der Waals surface area contributed by atoms with Gasteiger partial charge in [-0.2, -0.15) is 5.10 Å². The molecule has 0 aliphatic heterocycles. The number of hydrogen-bond donors (Lipinski definition) is 0. The maximum atomic E-state index is 3.94. The fourth-order valence-corrected chi connectivity index (χ4v) is 1.16. The minimum atomic E-state index is 0. The summed E-state index contributed by atoms with van der Waals surface area (Å²) >= 11 is 1.43. The Morgan fingerprint density at radius 3 is 2.92 bits per heavy atom. The Kier molecular flexibility index (Phi) is 4.40. The van der Waals surface area contributed by atoms with Gasteiger partial charge in [0.1, 0.15) is 5.51 Å². The molecule has 0 saturated carbocycles. The van der Waals surface area contributed by atoms with Crippen LogP contribution in [0, 0.1) is 6.20 Å². The van der Waals surface area contributed by atoms with Crippen LogP contribution in [-0.4, -0.2) is 20.2 Å². The van der Waals surface area contributed by atoms with E-state index >= 15 is 0 Å². The average molecular weight is 202 g/mol. The van der Waals surface area contributed by atoms with Crippen molar-refractivity contribution < 1.29 is 51.4 Å². The van der Waals surface area contributed by atoms with Crippen molar-refractivity contribution >= 4 is 11.3 Å². The van der Waals surface area contributed by atoms with Crippen LogP contribution < -0.4 is 51.4 Å². The molecule has 0 N–H and O–H groups in total. The van der Waals surface area contributed by atoms with Gasteiger partial charge < -0.3 is 9.97 Å². The van der Waals surface area contributed by atoms with Gasteiger partial charge in [0.05, 0.1) is 5.01 Å². The second-order valence-corrected chi connectivity index (χ2v) is 2.61. The fraction of sp³-hybridized carbons (Fsp3) is 0. The van der Waals surface area contributed by atoms with Crippen LogP contribution in [0.4, 0.5) is 0 Å². The largest absolute Gasteiger partial charge is 1.00 e. The number of nitrogens with zero attached hydrogens (tertiary/aromatic N) is 4. The summed E-state index contributed by atoms with van der Waals surface area (Å²) in [5.41, 5.74) is 2.37. The van der Waals surface area contributed by atoms with Crippen molar-refractivity contribution in [3.05, 3.63) is 24.1 Å². The Balaban J connectivity index is 0.000000720. The molecule has 0 spiro atoms. The molecule has 4 nitrogen and oxygen atoms in total. The Morgan fingerprint density at radius 2 is 2.33 bits per heavy atom. The normalized spacial score (nSPS) is 9.00. The molecular formula is C6H3KN4S. The zero-order valence-electron chi connectivity index (χ0n) is 6.43. The van der Waals surface area contributed by atoms with Crippen LogP contribution in [-0.2, 0) is 0 Å². The molecule has 0 saturated heterocycles. The summed E-state index contributed by atoms with van der Waals surface area (Å²) in [7, 11) is 0. The van der Waals surface area contributed by atoms with Crippen LogP contribution >= 0.6 is 11.3 Å². The molecule has 0 aromatic carbocycles. The molecule has 0 aliphatic carbocycles. The van der Waals surface area contributed by atoms with E-state index < -0.39 is 0 Å². The summed E-state index contributed by atoms with van der Waals surface area (Å²) in [5, 5.41) is 8.29. The molecule has 2 rings (SSSR count). The van der Waals surface area contributed by atoms with Crippen LogP contribution in [0.2, 0.25) is 0 Å². The number of rotatable bonds is 1. The van der Waals surface area contributed by atoms with E-state index in [0.29, 0.717) is 0 Å². The van der Waals surface area contributed by atoms with Crippen LogP contribution in [0.15, 0.2) is 17.9 Å². The summed E-state index contributed by atoms with van der Waals surface area (Å²) in [5.74, 6) is 0. The molecule has 0 fully saturated rings. The average Bonchev–Trinajstić information content (AvgIpc) is 2.58. The van der Waals surface area contributed by atoms with Crippen molar-refractivity contribution in [2.24, 2.45) is 0 Å². The molecule has 0 aliphatic rings. The van der Waals surface area contributed by atoms with E-state index in [4.69, 9.17) is 0 Å². The van der Waals surface area contributed by atoms with Gasteiger partial charge in [-0.1, -0.05) is 0 Å². The predicted molar refractivity (Wildman–Crippen MR) is 39.8 cm³/mol. The van der Waals surface area contributed by atoms with Crippen LogP contribution in [0.25, 0.3) is 10.7 Å². The molecule has 0 radical (unpaired) electrons. The third-order valence-electron chi connectivity index (χ3n) is 1.09. The fourth-order valence-electron chi connectivity index (χ4n) is 0.656. The van der Waals surface area contributed by atoms with Crippen molar-refractivity contribution in [3.8, 4) is 10.7 Å². The third-order valence-corrected chi connectivity index (χ3v) is 1.81. The van der Waals surface area contributed by atoms with Gasteiger partial charge in [0.15, 0.2) is 0 Å². The molecule has 0 unspecified atom stereocenters. The summed E-state index contributed by atoms with van der Waals surface area (Å²) < 4.78 is 0. The quantitative estimate of drug-likeness (QED) is 0.389. The molecule has 0 bridgehead atoms. The molecule has 2 aromatic heterocycles. The van der Waals surface area contributed by atoms with Crippen molar-refractivity contribution in [3.63, 3.8) is 0 Å². The van der Waals surface area contributed by atoms with Gasteiger partial charge in [-0.05, 0) is 18.1 Å². The first-order valence-corrected chi connectivity index (χ1v) is 3.79. The first-order chi connectivity index (χ1) is 5.47. The van der Waals surface area contributed by atoms with Gasteiger partial charge in [0, 0.05) is 0 Å². The van der Waals surface area contributed by atoms with E-state index in [2.05, 4.69) is 26.4 Å². The minimum Gasteiger partial charge on any atom is -0.446 e. The van der Waals surface area contributed by atoms with Crippen LogP contribution in [0.3, 0.4) is 0 Å². The predicted octanol–water partition coefficient (Wildman–Crippen LogP) is -2.20. The third kappa shape index (κ3) is 2.38. The second-order valence-electron chi connectivity index (χ2n) is 1.78. The molecule has 54 valence electrons. The SMILES string of the molecule is [K+].[c-]1cncc(-c2nncs2)n1. The molecule has 6 heteroatoms. The van der Waals surface area contributed by atoms with Crippen molar-refractivity contribution in [2.75, 3.05) is 0 Å². The Hall–Kier alpha value is 0.276. The Labute approximate surface area is 116 Å². The van der Waals surface area contributed by atoms with Crippen molar-refractivity contribution in [2.45, 2.75) is 0 Å². The van der Waals surface area contributed by atoms with Crippen molar-refractivity contribution in [1.82, 2.24) is 20.2 Å². The Bertz CT molecular complexity index is 323. The van der Waals surface area contributed by atoms with Gasteiger partial charge in [-0.15, -0.1) is 22.6 Å². The van der Waals surface area contributed by atoms with Crippen molar-refractivity contribution in [1.29, 1.82) is 0 Å². The first-order valence-electron chi connectivity index (χ1n) is 2.91. The summed E-state index contributed by atoms with van der Waals surface area (Å²) in [6, 6.07) is 0. The molecule has 2 aromatic rings. The molecule has 12 heavy (non-hydrogen) atoms. The van der Waals surface area contributed by atoms with Gasteiger partial charge in [-0.25, -0.2) is 0 Å².